The molecule has 0 aliphatic carbocycles. The summed E-state index contributed by atoms with van der Waals surface area (Å²) in [6.45, 7) is 38.4. The minimum Gasteiger partial charge on any atom is -0.516 e. The SMILES string of the molecule is C=C(CCC(C)C)c1ccc2cc(C(=C)CCC(C)c3ccc4cc(C(=C)CCC(C)OC(=C)c5ccc6ccc(C(=C)CCC(C)C)cc6c5)ccc4c3)ccc2c1.C=CO. The molecule has 2 atom stereocenters. The molecule has 2 nitrogen and oxygen atoms in total. The number of hydrogen-bond acceptors (Lipinski definition) is 2. The zero-order valence-electron chi connectivity index (χ0n) is 38.5. The van der Waals surface area contributed by atoms with Crippen molar-refractivity contribution in [2.45, 2.75) is 105 Å². The Morgan fingerprint density at radius 2 is 0.790 bits per heavy atom. The van der Waals surface area contributed by atoms with Gasteiger partial charge in [-0.2, -0.15) is 0 Å². The average Bonchev–Trinajstić information content (AvgIpc) is 3.27. The van der Waals surface area contributed by atoms with E-state index in [1.54, 1.807) is 0 Å². The van der Waals surface area contributed by atoms with Crippen LogP contribution in [-0.4, -0.2) is 11.2 Å². The number of allylic oxidation sites excluding steroid dienone is 4. The molecule has 0 spiro atoms. The largest absolute Gasteiger partial charge is 0.516 e. The third-order valence-corrected chi connectivity index (χ3v) is 12.2. The fraction of sp³-hybridized carbons (Fsp3) is 0.300. The first-order chi connectivity index (χ1) is 29.6. The van der Waals surface area contributed by atoms with Gasteiger partial charge in [-0.15, -0.1) is 0 Å². The van der Waals surface area contributed by atoms with E-state index in [2.05, 4.69) is 190 Å². The van der Waals surface area contributed by atoms with Crippen LogP contribution in [-0.2, 0) is 4.74 Å². The van der Waals surface area contributed by atoms with Gasteiger partial charge in [0.15, 0.2) is 0 Å². The molecule has 2 unspecified atom stereocenters. The van der Waals surface area contributed by atoms with Crippen molar-refractivity contribution in [3.05, 3.63) is 188 Å². The van der Waals surface area contributed by atoms with E-state index in [0.717, 1.165) is 62.3 Å². The van der Waals surface area contributed by atoms with E-state index in [-0.39, 0.29) is 6.10 Å². The van der Waals surface area contributed by atoms with Crippen LogP contribution < -0.4 is 0 Å². The number of ether oxygens (including phenoxy) is 1. The molecule has 6 rings (SSSR count). The number of fused-ring (bicyclic) bond motifs is 3. The van der Waals surface area contributed by atoms with Crippen LogP contribution in [0.3, 0.4) is 0 Å². The minimum atomic E-state index is 0.0114. The van der Waals surface area contributed by atoms with Crippen LogP contribution in [0.15, 0.2) is 155 Å². The standard InChI is InChI=1S/C58H66O.C2H4O/c1-38(2)12-14-40(5)48-23-28-55-33-49(24-29-54(55)32-48)42(7)16-17-43(8)50-25-30-57-35-51(26-31-56(57)34-50)44(9)18-19-45(10)59-46(11)53-27-21-47-20-22-52(36-58(47)37-53)41(6)15-13-39(3)4;1-2-3/h20-39,43,45H,5-7,9,11-19H2,1-4,8,10H3;2-3H,1H2. The fourth-order valence-corrected chi connectivity index (χ4v) is 7.92. The topological polar surface area (TPSA) is 29.5 Å². The van der Waals surface area contributed by atoms with Gasteiger partial charge in [-0.3, -0.25) is 0 Å². The van der Waals surface area contributed by atoms with Crippen LogP contribution in [0.2, 0.25) is 0 Å². The Labute approximate surface area is 373 Å². The Morgan fingerprint density at radius 3 is 1.24 bits per heavy atom. The van der Waals surface area contributed by atoms with Gasteiger partial charge in [-0.25, -0.2) is 0 Å². The van der Waals surface area contributed by atoms with E-state index >= 15 is 0 Å². The van der Waals surface area contributed by atoms with E-state index in [1.807, 2.05) is 0 Å². The first-order valence-corrected chi connectivity index (χ1v) is 22.6. The lowest BCUT2D eigenvalue weighted by atomic mass is 9.90. The maximum Gasteiger partial charge on any atom is 0.119 e. The van der Waals surface area contributed by atoms with Crippen molar-refractivity contribution in [2.24, 2.45) is 11.8 Å². The molecule has 2 heteroatoms. The van der Waals surface area contributed by atoms with Crippen LogP contribution in [0.4, 0.5) is 0 Å². The lowest BCUT2D eigenvalue weighted by molar-refractivity contribution is 0.178. The van der Waals surface area contributed by atoms with E-state index in [9.17, 15) is 0 Å². The molecule has 0 bridgehead atoms. The molecule has 0 heterocycles. The summed E-state index contributed by atoms with van der Waals surface area (Å²) in [7, 11) is 0. The molecule has 0 radical (unpaired) electrons. The summed E-state index contributed by atoms with van der Waals surface area (Å²) in [6, 6.07) is 40.3. The number of aliphatic hydroxyl groups excluding tert-OH is 1. The highest BCUT2D eigenvalue weighted by atomic mass is 16.5. The summed E-state index contributed by atoms with van der Waals surface area (Å²) < 4.78 is 6.36. The second kappa shape index (κ2) is 22.3. The minimum absolute atomic E-state index is 0.0114. The predicted octanol–water partition coefficient (Wildman–Crippen LogP) is 18.2. The number of rotatable bonds is 20. The summed E-state index contributed by atoms with van der Waals surface area (Å²) in [4.78, 5) is 0. The Kier molecular flexibility index (Phi) is 17.0. The number of aliphatic hydroxyl groups is 1. The van der Waals surface area contributed by atoms with Gasteiger partial charge >= 0.3 is 0 Å². The summed E-state index contributed by atoms with van der Waals surface area (Å²) >= 11 is 0. The zero-order valence-corrected chi connectivity index (χ0v) is 38.5. The second-order valence-electron chi connectivity index (χ2n) is 18.2. The van der Waals surface area contributed by atoms with Gasteiger partial charge in [0.1, 0.15) is 5.76 Å². The molecule has 6 aromatic carbocycles. The molecule has 1 N–H and O–H groups in total. The van der Waals surface area contributed by atoms with Crippen molar-refractivity contribution in [3.8, 4) is 0 Å². The smallest absolute Gasteiger partial charge is 0.119 e. The Bertz CT molecular complexity index is 2560. The van der Waals surface area contributed by atoms with Gasteiger partial charge < -0.3 is 9.84 Å². The first-order valence-electron chi connectivity index (χ1n) is 22.6. The van der Waals surface area contributed by atoms with Crippen LogP contribution >= 0.6 is 0 Å². The Morgan fingerprint density at radius 1 is 0.452 bits per heavy atom. The van der Waals surface area contributed by atoms with Gasteiger partial charge in [0.2, 0.25) is 0 Å². The van der Waals surface area contributed by atoms with Crippen LogP contribution in [0.25, 0.3) is 60.4 Å². The molecular formula is C60H70O2. The van der Waals surface area contributed by atoms with Gasteiger partial charge in [-0.05, 0) is 189 Å². The van der Waals surface area contributed by atoms with Gasteiger partial charge in [0.25, 0.3) is 0 Å². The van der Waals surface area contributed by atoms with E-state index in [0.29, 0.717) is 23.5 Å². The highest BCUT2D eigenvalue weighted by Crippen LogP contribution is 2.33. The molecule has 0 aromatic heterocycles. The zero-order chi connectivity index (χ0) is 44.9. The van der Waals surface area contributed by atoms with E-state index < -0.39 is 0 Å². The third-order valence-electron chi connectivity index (χ3n) is 12.2. The van der Waals surface area contributed by atoms with Crippen molar-refractivity contribution in [1.82, 2.24) is 0 Å². The highest BCUT2D eigenvalue weighted by molar-refractivity contribution is 5.90. The number of hydrogen-bond donors (Lipinski definition) is 1. The van der Waals surface area contributed by atoms with Gasteiger partial charge in [0.05, 0.1) is 12.4 Å². The maximum atomic E-state index is 7.33. The molecule has 0 saturated carbocycles. The van der Waals surface area contributed by atoms with Crippen LogP contribution in [0, 0.1) is 11.8 Å². The summed E-state index contributed by atoms with van der Waals surface area (Å²) in [5.41, 5.74) is 12.0. The van der Waals surface area contributed by atoms with Crippen molar-refractivity contribution < 1.29 is 9.84 Å². The van der Waals surface area contributed by atoms with Crippen molar-refractivity contribution in [3.63, 3.8) is 0 Å². The molecule has 322 valence electrons. The molecular weight excluding hydrogens is 753 g/mol. The molecule has 0 fully saturated rings. The fourth-order valence-electron chi connectivity index (χ4n) is 7.92. The van der Waals surface area contributed by atoms with Gasteiger partial charge in [0, 0.05) is 5.56 Å². The molecule has 6 aromatic rings. The maximum absolute atomic E-state index is 7.33. The molecule has 0 aliphatic heterocycles. The van der Waals surface area contributed by atoms with Crippen molar-refractivity contribution in [1.29, 1.82) is 0 Å². The molecule has 0 saturated heterocycles. The van der Waals surface area contributed by atoms with Crippen LogP contribution in [0.1, 0.15) is 132 Å². The highest BCUT2D eigenvalue weighted by Gasteiger charge is 2.13. The summed E-state index contributed by atoms with van der Waals surface area (Å²) in [5.74, 6) is 2.48. The first kappa shape index (κ1) is 47.2. The Balaban J connectivity index is 0.00000235. The third kappa shape index (κ3) is 13.1. The predicted molar refractivity (Wildman–Crippen MR) is 275 cm³/mol. The summed E-state index contributed by atoms with van der Waals surface area (Å²) in [5, 5.41) is 14.8. The Hall–Kier alpha value is -5.86. The quantitative estimate of drug-likeness (QED) is 0.0777. The van der Waals surface area contributed by atoms with E-state index in [4.69, 9.17) is 9.84 Å². The van der Waals surface area contributed by atoms with Crippen molar-refractivity contribution >= 4 is 60.4 Å². The average molecular weight is 823 g/mol. The van der Waals surface area contributed by atoms with Crippen LogP contribution in [0.5, 0.6) is 0 Å². The lowest BCUT2D eigenvalue weighted by Crippen LogP contribution is -2.07. The van der Waals surface area contributed by atoms with Gasteiger partial charge in [-0.1, -0.05) is 153 Å². The number of benzene rings is 6. The second-order valence-corrected chi connectivity index (χ2v) is 18.2. The monoisotopic (exact) mass is 823 g/mol. The van der Waals surface area contributed by atoms with Crippen molar-refractivity contribution in [2.75, 3.05) is 0 Å². The summed E-state index contributed by atoms with van der Waals surface area (Å²) in [6.07, 6.45) is 8.87. The molecule has 0 aliphatic rings. The van der Waals surface area contributed by atoms with E-state index in [1.165, 1.54) is 83.3 Å². The lowest BCUT2D eigenvalue weighted by Gasteiger charge is -2.18. The molecule has 0 amide bonds. The molecule has 62 heavy (non-hydrogen) atoms. The normalized spacial score (nSPS) is 12.2.